The van der Waals surface area contributed by atoms with Crippen LogP contribution in [0.2, 0.25) is 0 Å². The largest absolute Gasteiger partial charge is 0.512 e. The average Bonchev–Trinajstić information content (AvgIpc) is 2.55. The van der Waals surface area contributed by atoms with Gasteiger partial charge in [-0.2, -0.15) is 0 Å². The zero-order chi connectivity index (χ0) is 20.1. The Hall–Kier alpha value is -2.29. The fraction of sp³-hybridized carbons (Fsp3) is 0.250. The van der Waals surface area contributed by atoms with E-state index in [-0.39, 0.29) is 31.6 Å². The van der Waals surface area contributed by atoms with Gasteiger partial charge in [-0.1, -0.05) is 26.0 Å². The SMILES string of the molecule is CC(=O)/C=C(/C)O.Cc1c[c-]c(-c2ccc3cc(C)c(C)cc3n2)c(C)c1.[Ir]. The van der Waals surface area contributed by atoms with E-state index in [1.807, 2.05) is 6.07 Å². The maximum absolute atomic E-state index is 10.0. The quantitative estimate of drug-likeness (QED) is 0.242. The third kappa shape index (κ3) is 6.40. The van der Waals surface area contributed by atoms with E-state index < -0.39 is 0 Å². The van der Waals surface area contributed by atoms with Crippen molar-refractivity contribution >= 4 is 16.7 Å². The number of allylic oxidation sites excluding steroid dienone is 2. The molecule has 0 unspecified atom stereocenters. The Labute approximate surface area is 180 Å². The van der Waals surface area contributed by atoms with Gasteiger partial charge < -0.3 is 5.11 Å². The van der Waals surface area contributed by atoms with Gasteiger partial charge in [0, 0.05) is 26.2 Å². The molecule has 1 N–H and O–H groups in total. The Bertz CT molecular complexity index is 1020. The van der Waals surface area contributed by atoms with Crippen LogP contribution in [0.1, 0.15) is 36.1 Å². The number of rotatable bonds is 2. The molecule has 3 aromatic rings. The molecule has 0 aliphatic heterocycles. The second-order valence-electron chi connectivity index (χ2n) is 6.96. The van der Waals surface area contributed by atoms with E-state index in [1.165, 1.54) is 47.6 Å². The van der Waals surface area contributed by atoms with Crippen LogP contribution in [-0.4, -0.2) is 15.9 Å². The summed E-state index contributed by atoms with van der Waals surface area (Å²) >= 11 is 0. The number of nitrogens with zero attached hydrogens (tertiary/aromatic N) is 1. The molecule has 2 aromatic carbocycles. The van der Waals surface area contributed by atoms with Crippen molar-refractivity contribution in [1.82, 2.24) is 4.98 Å². The van der Waals surface area contributed by atoms with Gasteiger partial charge >= 0.3 is 0 Å². The van der Waals surface area contributed by atoms with E-state index in [0.29, 0.717) is 0 Å². The maximum Gasteiger partial charge on any atom is 0.155 e. The van der Waals surface area contributed by atoms with E-state index in [9.17, 15) is 4.79 Å². The molecule has 1 aromatic heterocycles. The van der Waals surface area contributed by atoms with Crippen molar-refractivity contribution in [3.63, 3.8) is 0 Å². The predicted molar refractivity (Wildman–Crippen MR) is 112 cm³/mol. The fourth-order valence-corrected chi connectivity index (χ4v) is 2.85. The molecule has 149 valence electrons. The number of hydrogen-bond acceptors (Lipinski definition) is 3. The van der Waals surface area contributed by atoms with E-state index >= 15 is 0 Å². The van der Waals surface area contributed by atoms with Crippen LogP contribution in [0.3, 0.4) is 0 Å². The Balaban J connectivity index is 0.000000425. The third-order valence-corrected chi connectivity index (χ3v) is 4.26. The van der Waals surface area contributed by atoms with Crippen molar-refractivity contribution in [2.75, 3.05) is 0 Å². The summed E-state index contributed by atoms with van der Waals surface area (Å²) in [6.07, 6.45) is 1.17. The van der Waals surface area contributed by atoms with Crippen molar-refractivity contribution in [3.8, 4) is 11.3 Å². The molecule has 0 aliphatic rings. The summed E-state index contributed by atoms with van der Waals surface area (Å²) in [4.78, 5) is 14.8. The van der Waals surface area contributed by atoms with Crippen LogP contribution < -0.4 is 0 Å². The van der Waals surface area contributed by atoms with E-state index in [0.717, 1.165) is 16.8 Å². The molecular weight excluding hydrogens is 526 g/mol. The van der Waals surface area contributed by atoms with Crippen LogP contribution >= 0.6 is 0 Å². The van der Waals surface area contributed by atoms with Gasteiger partial charge in [0.05, 0.1) is 11.3 Å². The smallest absolute Gasteiger partial charge is 0.155 e. The van der Waals surface area contributed by atoms with Crippen molar-refractivity contribution in [2.24, 2.45) is 0 Å². The zero-order valence-electron chi connectivity index (χ0n) is 17.2. The third-order valence-electron chi connectivity index (χ3n) is 4.26. The van der Waals surface area contributed by atoms with Gasteiger partial charge in [-0.3, -0.25) is 9.78 Å². The summed E-state index contributed by atoms with van der Waals surface area (Å²) in [6.45, 7) is 11.3. The predicted octanol–water partition coefficient (Wildman–Crippen LogP) is 5.97. The van der Waals surface area contributed by atoms with Gasteiger partial charge in [0.2, 0.25) is 0 Å². The first-order chi connectivity index (χ1) is 12.7. The Morgan fingerprint density at radius 1 is 1.00 bits per heavy atom. The van der Waals surface area contributed by atoms with Crippen molar-refractivity contribution in [2.45, 2.75) is 41.5 Å². The number of aliphatic hydroxyl groups excluding tert-OH is 1. The van der Waals surface area contributed by atoms with E-state index in [4.69, 9.17) is 10.1 Å². The Morgan fingerprint density at radius 3 is 2.18 bits per heavy atom. The summed E-state index contributed by atoms with van der Waals surface area (Å²) in [7, 11) is 0. The summed E-state index contributed by atoms with van der Waals surface area (Å²) < 4.78 is 0. The number of fused-ring (bicyclic) bond motifs is 1. The number of aryl methyl sites for hydroxylation is 4. The van der Waals surface area contributed by atoms with E-state index in [2.05, 4.69) is 64.1 Å². The molecule has 1 radical (unpaired) electrons. The van der Waals surface area contributed by atoms with Crippen molar-refractivity contribution in [3.05, 3.63) is 76.6 Å². The molecule has 0 bridgehead atoms. The van der Waals surface area contributed by atoms with Crippen molar-refractivity contribution < 1.29 is 30.0 Å². The molecule has 3 rings (SSSR count). The number of hydrogen-bond donors (Lipinski definition) is 1. The van der Waals surface area contributed by atoms with Gasteiger partial charge in [0.25, 0.3) is 0 Å². The number of aliphatic hydroxyl groups is 1. The standard InChI is InChI=1S/C19H18N.C5H8O2.Ir/c1-12-5-7-17(15(4)9-12)18-8-6-16-10-13(2)14(3)11-19(16)20-18;1-4(6)3-5(2)7;/h5-6,8-11H,1-4H3;3,6H,1-2H3;/q-1;;/b;4-3-;. The number of carbonyl (C=O) groups is 1. The van der Waals surface area contributed by atoms with Gasteiger partial charge in [-0.05, 0) is 62.0 Å². The first-order valence-corrected chi connectivity index (χ1v) is 8.92. The number of ketones is 1. The summed E-state index contributed by atoms with van der Waals surface area (Å²) in [5.41, 5.74) is 8.20. The minimum absolute atomic E-state index is 0. The van der Waals surface area contributed by atoms with Crippen LogP contribution in [0.25, 0.3) is 22.2 Å². The summed E-state index contributed by atoms with van der Waals surface area (Å²) in [5, 5.41) is 9.56. The molecule has 0 saturated heterocycles. The summed E-state index contributed by atoms with van der Waals surface area (Å²) in [6, 6.07) is 16.2. The first-order valence-electron chi connectivity index (χ1n) is 8.92. The molecule has 0 spiro atoms. The average molecular weight is 553 g/mol. The van der Waals surface area contributed by atoms with Crippen LogP contribution in [0, 0.1) is 33.8 Å². The van der Waals surface area contributed by atoms with Gasteiger partial charge in [-0.25, -0.2) is 0 Å². The number of aromatic nitrogens is 1. The Morgan fingerprint density at radius 2 is 1.64 bits per heavy atom. The molecule has 0 atom stereocenters. The normalized spacial score (nSPS) is 10.7. The van der Waals surface area contributed by atoms with Crippen LogP contribution in [-0.2, 0) is 24.9 Å². The Kier molecular flexibility index (Phi) is 8.74. The number of carbonyl (C=O) groups excluding carboxylic acids is 1. The molecule has 3 nitrogen and oxygen atoms in total. The topological polar surface area (TPSA) is 50.2 Å². The molecule has 0 fully saturated rings. The molecule has 28 heavy (non-hydrogen) atoms. The summed E-state index contributed by atoms with van der Waals surface area (Å²) in [5.74, 6) is -0.0625. The molecule has 0 amide bonds. The van der Waals surface area contributed by atoms with Gasteiger partial charge in [0.15, 0.2) is 5.78 Å². The molecule has 0 aliphatic carbocycles. The van der Waals surface area contributed by atoms with Crippen LogP contribution in [0.15, 0.2) is 48.2 Å². The number of benzene rings is 2. The molecule has 0 saturated carbocycles. The minimum atomic E-state index is -0.125. The number of pyridine rings is 1. The maximum atomic E-state index is 10.0. The van der Waals surface area contributed by atoms with E-state index in [1.54, 1.807) is 0 Å². The fourth-order valence-electron chi connectivity index (χ4n) is 2.85. The van der Waals surface area contributed by atoms with Crippen molar-refractivity contribution in [1.29, 1.82) is 0 Å². The minimum Gasteiger partial charge on any atom is -0.512 e. The van der Waals surface area contributed by atoms with Gasteiger partial charge in [-0.15, -0.1) is 34.9 Å². The van der Waals surface area contributed by atoms with Crippen LogP contribution in [0.5, 0.6) is 0 Å². The molecule has 1 heterocycles. The van der Waals surface area contributed by atoms with Gasteiger partial charge in [0.1, 0.15) is 0 Å². The first kappa shape index (κ1) is 23.7. The second-order valence-corrected chi connectivity index (χ2v) is 6.96. The second kappa shape index (κ2) is 10.3. The monoisotopic (exact) mass is 553 g/mol. The zero-order valence-corrected chi connectivity index (χ0v) is 19.6. The molecular formula is C24H26IrNO2-. The molecule has 4 heteroatoms. The van der Waals surface area contributed by atoms with Crippen LogP contribution in [0.4, 0.5) is 0 Å².